The van der Waals surface area contributed by atoms with Crippen molar-refractivity contribution in [3.63, 3.8) is 0 Å². The van der Waals surface area contributed by atoms with Crippen molar-refractivity contribution in [2.75, 3.05) is 19.0 Å². The van der Waals surface area contributed by atoms with Gasteiger partial charge in [-0.15, -0.1) is 0 Å². The zero-order chi connectivity index (χ0) is 14.9. The van der Waals surface area contributed by atoms with Crippen molar-refractivity contribution in [3.8, 4) is 5.75 Å². The predicted molar refractivity (Wildman–Crippen MR) is 80.9 cm³/mol. The fourth-order valence-corrected chi connectivity index (χ4v) is 1.70. The molecule has 0 atom stereocenters. The maximum Gasteiger partial charge on any atom is 0.240 e. The molecule has 0 aliphatic rings. The van der Waals surface area contributed by atoms with Crippen molar-refractivity contribution in [3.05, 3.63) is 60.2 Å². The second-order valence-electron chi connectivity index (χ2n) is 4.37. The van der Waals surface area contributed by atoms with Crippen LogP contribution in [0.1, 0.15) is 5.56 Å². The second kappa shape index (κ2) is 8.04. The first-order chi connectivity index (χ1) is 10.3. The van der Waals surface area contributed by atoms with E-state index in [1.807, 2.05) is 30.3 Å². The van der Waals surface area contributed by atoms with Crippen LogP contribution in [-0.2, 0) is 16.2 Å². The van der Waals surface area contributed by atoms with Crippen LogP contribution < -0.4 is 15.5 Å². The first-order valence-corrected chi connectivity index (χ1v) is 6.60. The lowest BCUT2D eigenvalue weighted by molar-refractivity contribution is -0.118. The summed E-state index contributed by atoms with van der Waals surface area (Å²) in [6.07, 6.45) is 0. The molecule has 5 nitrogen and oxygen atoms in total. The van der Waals surface area contributed by atoms with Crippen LogP contribution in [0.25, 0.3) is 0 Å². The summed E-state index contributed by atoms with van der Waals surface area (Å²) in [5, 5.41) is 2.75. The molecule has 2 rings (SSSR count). The lowest BCUT2D eigenvalue weighted by Crippen LogP contribution is -2.28. The molecule has 2 aromatic carbocycles. The molecule has 2 N–H and O–H groups in total. The van der Waals surface area contributed by atoms with Gasteiger partial charge in [-0.2, -0.15) is 5.48 Å². The monoisotopic (exact) mass is 286 g/mol. The van der Waals surface area contributed by atoms with Gasteiger partial charge < -0.3 is 10.1 Å². The summed E-state index contributed by atoms with van der Waals surface area (Å²) in [4.78, 5) is 16.9. The Morgan fingerprint density at radius 1 is 1.05 bits per heavy atom. The van der Waals surface area contributed by atoms with Crippen molar-refractivity contribution in [1.82, 2.24) is 5.48 Å². The Labute approximate surface area is 123 Å². The number of hydrogen-bond donors (Lipinski definition) is 2. The SMILES string of the molecule is COc1ccc(NC(=O)CNOCc2ccccc2)cc1. The van der Waals surface area contributed by atoms with Crippen molar-refractivity contribution in [1.29, 1.82) is 0 Å². The molecular weight excluding hydrogens is 268 g/mol. The molecule has 2 aromatic rings. The van der Waals surface area contributed by atoms with Gasteiger partial charge in [0.05, 0.1) is 13.7 Å². The highest BCUT2D eigenvalue weighted by Gasteiger charge is 2.02. The van der Waals surface area contributed by atoms with Gasteiger partial charge in [-0.25, -0.2) is 0 Å². The van der Waals surface area contributed by atoms with Crippen LogP contribution in [0, 0.1) is 0 Å². The molecule has 0 aliphatic carbocycles. The summed E-state index contributed by atoms with van der Waals surface area (Å²) in [7, 11) is 1.60. The van der Waals surface area contributed by atoms with Crippen molar-refractivity contribution in [2.45, 2.75) is 6.61 Å². The number of hydroxylamine groups is 1. The highest BCUT2D eigenvalue weighted by molar-refractivity contribution is 5.92. The molecule has 1 amide bonds. The summed E-state index contributed by atoms with van der Waals surface area (Å²) in [5.41, 5.74) is 4.40. The van der Waals surface area contributed by atoms with Gasteiger partial charge in [0.25, 0.3) is 0 Å². The van der Waals surface area contributed by atoms with E-state index in [0.717, 1.165) is 11.3 Å². The van der Waals surface area contributed by atoms with Gasteiger partial charge in [0.1, 0.15) is 12.3 Å². The molecule has 0 heterocycles. The number of hydrogen-bond acceptors (Lipinski definition) is 4. The highest BCUT2D eigenvalue weighted by Crippen LogP contribution is 2.14. The predicted octanol–water partition coefficient (Wildman–Crippen LogP) is 2.36. The van der Waals surface area contributed by atoms with Crippen LogP contribution in [0.5, 0.6) is 5.75 Å². The Kier molecular flexibility index (Phi) is 5.75. The first kappa shape index (κ1) is 15.0. The smallest absolute Gasteiger partial charge is 0.240 e. The van der Waals surface area contributed by atoms with Gasteiger partial charge in [0, 0.05) is 5.69 Å². The summed E-state index contributed by atoms with van der Waals surface area (Å²) in [5.74, 6) is 0.575. The van der Waals surface area contributed by atoms with Crippen LogP contribution in [0.2, 0.25) is 0 Å². The number of carbonyl (C=O) groups excluding carboxylic acids is 1. The lowest BCUT2D eigenvalue weighted by Gasteiger charge is -2.08. The van der Waals surface area contributed by atoms with E-state index in [0.29, 0.717) is 12.3 Å². The number of anilines is 1. The quantitative estimate of drug-likeness (QED) is 0.606. The molecule has 5 heteroatoms. The molecule has 0 fully saturated rings. The molecule has 110 valence electrons. The molecule has 0 aromatic heterocycles. The van der Waals surface area contributed by atoms with Crippen molar-refractivity contribution in [2.24, 2.45) is 0 Å². The number of rotatable bonds is 7. The van der Waals surface area contributed by atoms with E-state index in [2.05, 4.69) is 10.8 Å². The van der Waals surface area contributed by atoms with E-state index < -0.39 is 0 Å². The Morgan fingerprint density at radius 3 is 2.43 bits per heavy atom. The van der Waals surface area contributed by atoms with Gasteiger partial charge in [0.15, 0.2) is 0 Å². The van der Waals surface area contributed by atoms with E-state index in [4.69, 9.17) is 9.57 Å². The maximum absolute atomic E-state index is 11.7. The molecule has 0 aliphatic heterocycles. The third kappa shape index (κ3) is 5.25. The fourth-order valence-electron chi connectivity index (χ4n) is 1.70. The Bertz CT molecular complexity index is 555. The number of benzene rings is 2. The Hall–Kier alpha value is -2.37. The molecule has 0 bridgehead atoms. The average molecular weight is 286 g/mol. The van der Waals surface area contributed by atoms with Gasteiger partial charge in [-0.1, -0.05) is 30.3 Å². The molecular formula is C16H18N2O3. The lowest BCUT2D eigenvalue weighted by atomic mass is 10.2. The van der Waals surface area contributed by atoms with E-state index >= 15 is 0 Å². The highest BCUT2D eigenvalue weighted by atomic mass is 16.6. The zero-order valence-corrected chi connectivity index (χ0v) is 11.8. The van der Waals surface area contributed by atoms with E-state index in [1.165, 1.54) is 0 Å². The Balaban J connectivity index is 1.67. The first-order valence-electron chi connectivity index (χ1n) is 6.60. The fraction of sp³-hybridized carbons (Fsp3) is 0.188. The van der Waals surface area contributed by atoms with Gasteiger partial charge in [0.2, 0.25) is 5.91 Å². The van der Waals surface area contributed by atoms with Crippen molar-refractivity contribution < 1.29 is 14.4 Å². The van der Waals surface area contributed by atoms with Gasteiger partial charge >= 0.3 is 0 Å². The maximum atomic E-state index is 11.7. The third-order valence-corrected chi connectivity index (χ3v) is 2.79. The van der Waals surface area contributed by atoms with Crippen LogP contribution in [0.3, 0.4) is 0 Å². The number of amides is 1. The standard InChI is InChI=1S/C16H18N2O3/c1-20-15-9-7-14(8-10-15)18-16(19)11-17-21-12-13-5-3-2-4-6-13/h2-10,17H,11-12H2,1H3,(H,18,19). The summed E-state index contributed by atoms with van der Waals surface area (Å²) >= 11 is 0. The molecule has 0 saturated heterocycles. The van der Waals surface area contributed by atoms with Gasteiger partial charge in [-0.3, -0.25) is 9.63 Å². The number of nitrogens with one attached hydrogen (secondary N) is 2. The van der Waals surface area contributed by atoms with Crippen LogP contribution in [0.15, 0.2) is 54.6 Å². The molecule has 0 saturated carbocycles. The van der Waals surface area contributed by atoms with E-state index in [-0.39, 0.29) is 12.5 Å². The normalized spacial score (nSPS) is 10.1. The minimum atomic E-state index is -0.173. The van der Waals surface area contributed by atoms with Crippen molar-refractivity contribution >= 4 is 11.6 Å². The second-order valence-corrected chi connectivity index (χ2v) is 4.37. The van der Waals surface area contributed by atoms with E-state index in [1.54, 1.807) is 31.4 Å². The number of carbonyl (C=O) groups is 1. The number of ether oxygens (including phenoxy) is 1. The average Bonchev–Trinajstić information content (AvgIpc) is 2.53. The molecule has 0 radical (unpaired) electrons. The van der Waals surface area contributed by atoms with Crippen LogP contribution >= 0.6 is 0 Å². The van der Waals surface area contributed by atoms with E-state index in [9.17, 15) is 4.79 Å². The summed E-state index contributed by atoms with van der Waals surface area (Å²) in [6, 6.07) is 16.9. The molecule has 0 unspecified atom stereocenters. The zero-order valence-electron chi connectivity index (χ0n) is 11.8. The Morgan fingerprint density at radius 2 is 1.76 bits per heavy atom. The third-order valence-electron chi connectivity index (χ3n) is 2.79. The molecule has 21 heavy (non-hydrogen) atoms. The largest absolute Gasteiger partial charge is 0.497 e. The topological polar surface area (TPSA) is 59.6 Å². The van der Waals surface area contributed by atoms with Crippen LogP contribution in [-0.4, -0.2) is 19.6 Å². The van der Waals surface area contributed by atoms with Crippen LogP contribution in [0.4, 0.5) is 5.69 Å². The molecule has 0 spiro atoms. The minimum Gasteiger partial charge on any atom is -0.497 e. The van der Waals surface area contributed by atoms with Gasteiger partial charge in [-0.05, 0) is 29.8 Å². The summed E-state index contributed by atoms with van der Waals surface area (Å²) in [6.45, 7) is 0.496. The number of methoxy groups -OCH3 is 1. The summed E-state index contributed by atoms with van der Waals surface area (Å²) < 4.78 is 5.05. The minimum absolute atomic E-state index is 0.0822.